The highest BCUT2D eigenvalue weighted by Crippen LogP contribution is 2.48. The lowest BCUT2D eigenvalue weighted by molar-refractivity contribution is -0.132. The normalized spacial score (nSPS) is 21.9. The molecule has 0 bridgehead atoms. The van der Waals surface area contributed by atoms with Gasteiger partial charge < -0.3 is 14.5 Å². The molecule has 5 heteroatoms. The molecule has 2 aliphatic rings. The Labute approximate surface area is 159 Å². The molecular formula is C22H25FN2O2. The number of carbonyl (C=O) groups is 1. The minimum Gasteiger partial charge on any atom is -0.492 e. The van der Waals surface area contributed by atoms with Gasteiger partial charge in [0.25, 0.3) is 0 Å². The van der Waals surface area contributed by atoms with Crippen LogP contribution >= 0.6 is 0 Å². The van der Waals surface area contributed by atoms with E-state index in [1.54, 1.807) is 12.1 Å². The number of rotatable bonds is 5. The average Bonchev–Trinajstić information content (AvgIpc) is 3.50. The van der Waals surface area contributed by atoms with Crippen LogP contribution in [0.3, 0.4) is 0 Å². The summed E-state index contributed by atoms with van der Waals surface area (Å²) < 4.78 is 18.8. The van der Waals surface area contributed by atoms with Crippen molar-refractivity contribution in [3.63, 3.8) is 0 Å². The maximum absolute atomic E-state index is 13.1. The number of halogens is 1. The van der Waals surface area contributed by atoms with Crippen LogP contribution in [0, 0.1) is 11.7 Å². The Balaban J connectivity index is 1.35. The zero-order valence-electron chi connectivity index (χ0n) is 15.6. The number of piperazine rings is 1. The van der Waals surface area contributed by atoms with E-state index in [2.05, 4.69) is 11.0 Å². The van der Waals surface area contributed by atoms with E-state index in [4.69, 9.17) is 4.74 Å². The van der Waals surface area contributed by atoms with Gasteiger partial charge in [-0.15, -0.1) is 0 Å². The van der Waals surface area contributed by atoms with E-state index < -0.39 is 0 Å². The fraction of sp³-hybridized carbons (Fsp3) is 0.409. The van der Waals surface area contributed by atoms with Crippen molar-refractivity contribution >= 4 is 11.6 Å². The number of amides is 1. The van der Waals surface area contributed by atoms with Crippen molar-refractivity contribution in [2.45, 2.75) is 19.3 Å². The van der Waals surface area contributed by atoms with Gasteiger partial charge in [-0.25, -0.2) is 4.39 Å². The Morgan fingerprint density at radius 2 is 1.78 bits per heavy atom. The Kier molecular flexibility index (Phi) is 5.01. The van der Waals surface area contributed by atoms with Gasteiger partial charge in [0.1, 0.15) is 11.6 Å². The predicted octanol–water partition coefficient (Wildman–Crippen LogP) is 3.68. The smallest absolute Gasteiger partial charge is 0.226 e. The fourth-order valence-corrected chi connectivity index (χ4v) is 3.94. The van der Waals surface area contributed by atoms with E-state index in [0.29, 0.717) is 6.61 Å². The van der Waals surface area contributed by atoms with Crippen LogP contribution in [-0.2, 0) is 4.79 Å². The molecule has 2 fully saturated rings. The molecule has 4 nitrogen and oxygen atoms in total. The zero-order chi connectivity index (χ0) is 18.8. The molecule has 1 aliphatic carbocycles. The molecule has 2 atom stereocenters. The molecule has 1 heterocycles. The second-order valence-electron chi connectivity index (χ2n) is 7.21. The molecule has 0 radical (unpaired) electrons. The van der Waals surface area contributed by atoms with Crippen LogP contribution in [0.2, 0.25) is 0 Å². The summed E-state index contributed by atoms with van der Waals surface area (Å²) in [5.41, 5.74) is 2.17. The predicted molar refractivity (Wildman–Crippen MR) is 104 cm³/mol. The lowest BCUT2D eigenvalue weighted by Crippen LogP contribution is -2.49. The molecule has 0 aromatic heterocycles. The van der Waals surface area contributed by atoms with Crippen molar-refractivity contribution in [3.05, 3.63) is 59.9 Å². The first kappa shape index (κ1) is 17.8. The highest BCUT2D eigenvalue weighted by Gasteiger charge is 2.46. The first-order chi connectivity index (χ1) is 13.2. The number of carbonyl (C=O) groups excluding carboxylic acids is 1. The number of ether oxygens (including phenoxy) is 1. The van der Waals surface area contributed by atoms with Crippen molar-refractivity contribution < 1.29 is 13.9 Å². The largest absolute Gasteiger partial charge is 0.492 e. The third kappa shape index (κ3) is 3.77. The molecule has 27 heavy (non-hydrogen) atoms. The average molecular weight is 368 g/mol. The molecule has 2 unspecified atom stereocenters. The molecule has 0 N–H and O–H groups in total. The Morgan fingerprint density at radius 1 is 1.07 bits per heavy atom. The Morgan fingerprint density at radius 3 is 2.48 bits per heavy atom. The lowest BCUT2D eigenvalue weighted by atomic mass is 10.1. The molecular weight excluding hydrogens is 343 g/mol. The quantitative estimate of drug-likeness (QED) is 0.807. The highest BCUT2D eigenvalue weighted by molar-refractivity contribution is 5.83. The van der Waals surface area contributed by atoms with E-state index in [1.165, 1.54) is 12.1 Å². The van der Waals surface area contributed by atoms with Crippen LogP contribution in [0.25, 0.3) is 0 Å². The zero-order valence-corrected chi connectivity index (χ0v) is 15.6. The Bertz CT molecular complexity index is 800. The topological polar surface area (TPSA) is 32.8 Å². The van der Waals surface area contributed by atoms with Crippen LogP contribution in [-0.4, -0.2) is 43.6 Å². The van der Waals surface area contributed by atoms with Gasteiger partial charge in [-0.05, 0) is 49.1 Å². The van der Waals surface area contributed by atoms with Crippen molar-refractivity contribution in [1.82, 2.24) is 4.90 Å². The minimum absolute atomic E-state index is 0.0534. The van der Waals surface area contributed by atoms with Gasteiger partial charge in [0.15, 0.2) is 0 Å². The van der Waals surface area contributed by atoms with Crippen molar-refractivity contribution in [2.75, 3.05) is 37.7 Å². The maximum Gasteiger partial charge on any atom is 0.226 e. The number of benzene rings is 2. The summed E-state index contributed by atoms with van der Waals surface area (Å²) in [4.78, 5) is 17.1. The van der Waals surface area contributed by atoms with E-state index in [9.17, 15) is 9.18 Å². The summed E-state index contributed by atoms with van der Waals surface area (Å²) in [6, 6.07) is 14.6. The first-order valence-electron chi connectivity index (χ1n) is 9.68. The molecule has 1 saturated carbocycles. The number of hydrogen-bond acceptors (Lipinski definition) is 3. The minimum atomic E-state index is -0.231. The first-order valence-corrected chi connectivity index (χ1v) is 9.68. The standard InChI is InChI=1S/C22H25FN2O2/c1-2-27-21-6-4-3-5-20(21)24-11-13-25(14-12-24)22(26)19-15-18(19)16-7-9-17(23)10-8-16/h3-10,18-19H,2,11-15H2,1H3. The fourth-order valence-electron chi connectivity index (χ4n) is 3.94. The molecule has 1 amide bonds. The maximum atomic E-state index is 13.1. The number of hydrogen-bond donors (Lipinski definition) is 0. The molecule has 1 saturated heterocycles. The third-order valence-electron chi connectivity index (χ3n) is 5.50. The van der Waals surface area contributed by atoms with Crippen LogP contribution in [0.4, 0.5) is 10.1 Å². The molecule has 4 rings (SSSR count). The van der Waals surface area contributed by atoms with E-state index in [-0.39, 0.29) is 23.6 Å². The summed E-state index contributed by atoms with van der Waals surface area (Å²) in [7, 11) is 0. The van der Waals surface area contributed by atoms with Crippen LogP contribution in [0.15, 0.2) is 48.5 Å². The summed E-state index contributed by atoms with van der Waals surface area (Å²) >= 11 is 0. The molecule has 2 aromatic rings. The van der Waals surface area contributed by atoms with Gasteiger partial charge in [-0.3, -0.25) is 4.79 Å². The van der Waals surface area contributed by atoms with Crippen molar-refractivity contribution in [3.8, 4) is 5.75 Å². The van der Waals surface area contributed by atoms with Gasteiger partial charge in [0, 0.05) is 32.1 Å². The van der Waals surface area contributed by atoms with Gasteiger partial charge in [0.2, 0.25) is 5.91 Å². The summed E-state index contributed by atoms with van der Waals surface area (Å²) in [5, 5.41) is 0. The molecule has 0 spiro atoms. The van der Waals surface area contributed by atoms with Crippen LogP contribution < -0.4 is 9.64 Å². The second kappa shape index (κ2) is 7.59. The second-order valence-corrected chi connectivity index (χ2v) is 7.21. The van der Waals surface area contributed by atoms with E-state index >= 15 is 0 Å². The number of para-hydroxylation sites is 2. The van der Waals surface area contributed by atoms with E-state index in [1.807, 2.05) is 30.0 Å². The monoisotopic (exact) mass is 368 g/mol. The Hall–Kier alpha value is -2.56. The van der Waals surface area contributed by atoms with Gasteiger partial charge >= 0.3 is 0 Å². The summed E-state index contributed by atoms with van der Waals surface area (Å²) in [6.45, 7) is 5.70. The molecule has 2 aromatic carbocycles. The van der Waals surface area contributed by atoms with Gasteiger partial charge in [-0.2, -0.15) is 0 Å². The molecule has 1 aliphatic heterocycles. The van der Waals surface area contributed by atoms with Crippen molar-refractivity contribution in [1.29, 1.82) is 0 Å². The molecule has 142 valence electrons. The van der Waals surface area contributed by atoms with E-state index in [0.717, 1.165) is 49.6 Å². The lowest BCUT2D eigenvalue weighted by Gasteiger charge is -2.37. The number of anilines is 1. The highest BCUT2D eigenvalue weighted by atomic mass is 19.1. The number of nitrogens with zero attached hydrogens (tertiary/aromatic N) is 2. The summed E-state index contributed by atoms with van der Waals surface area (Å²) in [5.74, 6) is 1.21. The van der Waals surface area contributed by atoms with Crippen LogP contribution in [0.1, 0.15) is 24.8 Å². The summed E-state index contributed by atoms with van der Waals surface area (Å²) in [6.07, 6.45) is 0.873. The third-order valence-corrected chi connectivity index (χ3v) is 5.50. The van der Waals surface area contributed by atoms with Crippen molar-refractivity contribution in [2.24, 2.45) is 5.92 Å². The van der Waals surface area contributed by atoms with Gasteiger partial charge in [-0.1, -0.05) is 24.3 Å². The van der Waals surface area contributed by atoms with Crippen LogP contribution in [0.5, 0.6) is 5.75 Å². The van der Waals surface area contributed by atoms with Gasteiger partial charge in [0.05, 0.1) is 12.3 Å². The SMILES string of the molecule is CCOc1ccccc1N1CCN(C(=O)C2CC2c2ccc(F)cc2)CC1.